The van der Waals surface area contributed by atoms with Crippen molar-refractivity contribution in [3.63, 3.8) is 0 Å². The molecule has 0 aliphatic rings. The zero-order chi connectivity index (χ0) is 11.3. The fraction of sp³-hybridized carbons (Fsp3) is 0.400. The lowest BCUT2D eigenvalue weighted by molar-refractivity contribution is 0.0995. The molecule has 1 atom stereocenters. The molecule has 0 bridgehead atoms. The fourth-order valence-electron chi connectivity index (χ4n) is 1.05. The second-order valence-corrected chi connectivity index (χ2v) is 3.32. The maximum absolute atomic E-state index is 10.9. The van der Waals surface area contributed by atoms with Crippen molar-refractivity contribution in [2.24, 2.45) is 11.5 Å². The highest BCUT2D eigenvalue weighted by atomic mass is 16.1. The molecule has 5 N–H and O–H groups in total. The maximum atomic E-state index is 10.9. The first-order valence-electron chi connectivity index (χ1n) is 4.89. The number of aromatic nitrogens is 1. The summed E-state index contributed by atoms with van der Waals surface area (Å²) in [6, 6.07) is 5.17. The summed E-state index contributed by atoms with van der Waals surface area (Å²) >= 11 is 0. The second kappa shape index (κ2) is 5.31. The van der Waals surface area contributed by atoms with Gasteiger partial charge in [-0.1, -0.05) is 13.0 Å². The van der Waals surface area contributed by atoms with E-state index in [1.807, 2.05) is 6.92 Å². The molecule has 0 spiro atoms. The number of hydrogen-bond acceptors (Lipinski definition) is 4. The molecule has 0 aliphatic heterocycles. The van der Waals surface area contributed by atoms with Crippen molar-refractivity contribution in [2.45, 2.75) is 19.4 Å². The molecule has 1 unspecified atom stereocenters. The van der Waals surface area contributed by atoms with Crippen LogP contribution in [0.15, 0.2) is 18.2 Å². The van der Waals surface area contributed by atoms with Crippen LogP contribution >= 0.6 is 0 Å². The molecule has 0 fully saturated rings. The van der Waals surface area contributed by atoms with Crippen LogP contribution in [0.25, 0.3) is 0 Å². The number of carbonyl (C=O) groups excluding carboxylic acids is 1. The van der Waals surface area contributed by atoms with E-state index in [1.54, 1.807) is 18.2 Å². The molecule has 0 saturated heterocycles. The third-order valence-corrected chi connectivity index (χ3v) is 2.07. The van der Waals surface area contributed by atoms with Crippen LogP contribution in [0.3, 0.4) is 0 Å². The summed E-state index contributed by atoms with van der Waals surface area (Å²) in [4.78, 5) is 14.9. The highest BCUT2D eigenvalue weighted by Crippen LogP contribution is 2.04. The SMILES string of the molecule is CCC(N)CNc1cccc(C(N)=O)n1. The Morgan fingerprint density at radius 2 is 2.33 bits per heavy atom. The second-order valence-electron chi connectivity index (χ2n) is 3.32. The maximum Gasteiger partial charge on any atom is 0.267 e. The molecule has 1 rings (SSSR count). The van der Waals surface area contributed by atoms with Crippen molar-refractivity contribution in [1.82, 2.24) is 4.98 Å². The first-order chi connectivity index (χ1) is 7.13. The average molecular weight is 208 g/mol. The molecule has 82 valence electrons. The van der Waals surface area contributed by atoms with Crippen LogP contribution in [0, 0.1) is 0 Å². The molecule has 5 nitrogen and oxygen atoms in total. The summed E-state index contributed by atoms with van der Waals surface area (Å²) in [7, 11) is 0. The largest absolute Gasteiger partial charge is 0.368 e. The van der Waals surface area contributed by atoms with Crippen molar-refractivity contribution in [3.8, 4) is 0 Å². The van der Waals surface area contributed by atoms with E-state index >= 15 is 0 Å². The molecule has 1 amide bonds. The summed E-state index contributed by atoms with van der Waals surface area (Å²) in [6.07, 6.45) is 0.891. The molecular weight excluding hydrogens is 192 g/mol. The molecule has 5 heteroatoms. The minimum Gasteiger partial charge on any atom is -0.368 e. The van der Waals surface area contributed by atoms with Gasteiger partial charge in [0, 0.05) is 12.6 Å². The molecule has 0 aliphatic carbocycles. The monoisotopic (exact) mass is 208 g/mol. The first-order valence-corrected chi connectivity index (χ1v) is 4.89. The van der Waals surface area contributed by atoms with Crippen LogP contribution in [0.5, 0.6) is 0 Å². The number of anilines is 1. The van der Waals surface area contributed by atoms with Gasteiger partial charge in [-0.25, -0.2) is 4.98 Å². The smallest absolute Gasteiger partial charge is 0.267 e. The Balaban J connectivity index is 2.62. The molecule has 1 heterocycles. The van der Waals surface area contributed by atoms with E-state index in [9.17, 15) is 4.79 Å². The van der Waals surface area contributed by atoms with E-state index in [2.05, 4.69) is 10.3 Å². The van der Waals surface area contributed by atoms with Gasteiger partial charge in [-0.15, -0.1) is 0 Å². The van der Waals surface area contributed by atoms with E-state index < -0.39 is 5.91 Å². The number of hydrogen-bond donors (Lipinski definition) is 3. The van der Waals surface area contributed by atoms with Gasteiger partial charge >= 0.3 is 0 Å². The number of primary amides is 1. The zero-order valence-corrected chi connectivity index (χ0v) is 8.73. The van der Waals surface area contributed by atoms with Crippen LogP contribution in [-0.4, -0.2) is 23.5 Å². The molecule has 15 heavy (non-hydrogen) atoms. The summed E-state index contributed by atoms with van der Waals surface area (Å²) in [5.74, 6) is 0.0913. The van der Waals surface area contributed by atoms with E-state index in [0.717, 1.165) is 6.42 Å². The Labute approximate surface area is 88.9 Å². The van der Waals surface area contributed by atoms with Crippen LogP contribution in [0.2, 0.25) is 0 Å². The van der Waals surface area contributed by atoms with Crippen molar-refractivity contribution >= 4 is 11.7 Å². The van der Waals surface area contributed by atoms with E-state index in [-0.39, 0.29) is 11.7 Å². The minimum atomic E-state index is -0.529. The number of nitrogens with zero attached hydrogens (tertiary/aromatic N) is 1. The number of carbonyl (C=O) groups is 1. The standard InChI is InChI=1S/C10H16N4O/c1-2-7(11)6-13-9-5-3-4-8(14-9)10(12)15/h3-5,7H,2,6,11H2,1H3,(H2,12,15)(H,13,14). The molecule has 1 aromatic rings. The van der Waals surface area contributed by atoms with E-state index in [1.165, 1.54) is 0 Å². The summed E-state index contributed by atoms with van der Waals surface area (Å²) in [5.41, 5.74) is 11.1. The van der Waals surface area contributed by atoms with Crippen LogP contribution in [-0.2, 0) is 0 Å². The highest BCUT2D eigenvalue weighted by molar-refractivity contribution is 5.91. The summed E-state index contributed by atoms with van der Waals surface area (Å²) in [5, 5.41) is 3.05. The van der Waals surface area contributed by atoms with Gasteiger partial charge in [-0.2, -0.15) is 0 Å². The van der Waals surface area contributed by atoms with Crippen molar-refractivity contribution in [1.29, 1.82) is 0 Å². The third kappa shape index (κ3) is 3.55. The lowest BCUT2D eigenvalue weighted by Gasteiger charge is -2.10. The fourth-order valence-corrected chi connectivity index (χ4v) is 1.05. The van der Waals surface area contributed by atoms with Crippen molar-refractivity contribution in [3.05, 3.63) is 23.9 Å². The number of rotatable bonds is 5. The Morgan fingerprint density at radius 1 is 1.60 bits per heavy atom. The number of nitrogens with two attached hydrogens (primary N) is 2. The van der Waals surface area contributed by atoms with Gasteiger partial charge in [-0.3, -0.25) is 4.79 Å². The average Bonchev–Trinajstić information content (AvgIpc) is 2.26. The zero-order valence-electron chi connectivity index (χ0n) is 8.73. The lowest BCUT2D eigenvalue weighted by Crippen LogP contribution is -2.28. The molecular formula is C10H16N4O. The van der Waals surface area contributed by atoms with Gasteiger partial charge in [0.2, 0.25) is 0 Å². The molecule has 0 radical (unpaired) electrons. The van der Waals surface area contributed by atoms with Crippen molar-refractivity contribution in [2.75, 3.05) is 11.9 Å². The quantitative estimate of drug-likeness (QED) is 0.650. The van der Waals surface area contributed by atoms with Crippen molar-refractivity contribution < 1.29 is 4.79 Å². The topological polar surface area (TPSA) is 94.0 Å². The number of pyridine rings is 1. The van der Waals surface area contributed by atoms with Gasteiger partial charge in [0.05, 0.1) is 0 Å². The predicted octanol–water partition coefficient (Wildman–Crippen LogP) is 0.330. The van der Waals surface area contributed by atoms with Gasteiger partial charge in [0.15, 0.2) is 0 Å². The first kappa shape index (κ1) is 11.5. The van der Waals surface area contributed by atoms with E-state index in [4.69, 9.17) is 11.5 Å². The van der Waals surface area contributed by atoms with Gasteiger partial charge in [0.25, 0.3) is 5.91 Å². The number of nitrogens with one attached hydrogen (secondary N) is 1. The highest BCUT2D eigenvalue weighted by Gasteiger charge is 2.03. The van der Waals surface area contributed by atoms with Crippen LogP contribution in [0.1, 0.15) is 23.8 Å². The molecule has 1 aromatic heterocycles. The Hall–Kier alpha value is -1.62. The Kier molecular flexibility index (Phi) is 4.05. The van der Waals surface area contributed by atoms with Crippen LogP contribution in [0.4, 0.5) is 5.82 Å². The van der Waals surface area contributed by atoms with Gasteiger partial charge in [-0.05, 0) is 18.6 Å². The minimum absolute atomic E-state index is 0.0871. The molecule has 0 aromatic carbocycles. The Morgan fingerprint density at radius 3 is 2.93 bits per heavy atom. The number of amides is 1. The van der Waals surface area contributed by atoms with Gasteiger partial charge in [0.1, 0.15) is 11.5 Å². The van der Waals surface area contributed by atoms with Crippen LogP contribution < -0.4 is 16.8 Å². The van der Waals surface area contributed by atoms with Gasteiger partial charge < -0.3 is 16.8 Å². The summed E-state index contributed by atoms with van der Waals surface area (Å²) < 4.78 is 0. The lowest BCUT2D eigenvalue weighted by atomic mass is 10.2. The normalized spacial score (nSPS) is 12.1. The third-order valence-electron chi connectivity index (χ3n) is 2.07. The predicted molar refractivity (Wildman–Crippen MR) is 59.5 cm³/mol. The Bertz CT molecular complexity index is 340. The summed E-state index contributed by atoms with van der Waals surface area (Å²) in [6.45, 7) is 2.64. The molecule has 0 saturated carbocycles. The van der Waals surface area contributed by atoms with E-state index in [0.29, 0.717) is 12.4 Å².